The van der Waals surface area contributed by atoms with Gasteiger partial charge in [0.2, 0.25) is 0 Å². The largest absolute Gasteiger partial charge is 0.279 e. The Kier molecular flexibility index (Phi) is 0.864. The Bertz CT molecular complexity index is 313. The molecule has 3 aliphatic rings. The molecule has 0 aliphatic carbocycles. The van der Waals surface area contributed by atoms with Crippen LogP contribution in [0.15, 0.2) is 18.2 Å². The fraction of sp³-hybridized carbons (Fsp3) is 0.333. The Balaban J connectivity index is 2.30. The SMILES string of the molecule is Cc1cccc2c1C1NC2N1. The third kappa shape index (κ3) is 0.549. The first-order valence-electron chi connectivity index (χ1n) is 3.98. The van der Waals surface area contributed by atoms with Crippen molar-refractivity contribution in [2.75, 3.05) is 0 Å². The molecule has 2 nitrogen and oxygen atoms in total. The Hall–Kier alpha value is -0.860. The highest BCUT2D eigenvalue weighted by molar-refractivity contribution is 5.46. The molecule has 2 N–H and O–H groups in total. The van der Waals surface area contributed by atoms with Crippen LogP contribution in [0.5, 0.6) is 0 Å². The molecule has 3 aliphatic heterocycles. The van der Waals surface area contributed by atoms with Gasteiger partial charge in [0, 0.05) is 0 Å². The number of aryl methyl sites for hydroxylation is 1. The second kappa shape index (κ2) is 1.65. The van der Waals surface area contributed by atoms with Crippen molar-refractivity contribution in [2.45, 2.75) is 19.3 Å². The summed E-state index contributed by atoms with van der Waals surface area (Å²) in [5.41, 5.74) is 4.31. The van der Waals surface area contributed by atoms with Gasteiger partial charge in [0.1, 0.15) is 0 Å². The molecule has 0 saturated carbocycles. The summed E-state index contributed by atoms with van der Waals surface area (Å²) in [6.45, 7) is 2.17. The number of hydrogen-bond donors (Lipinski definition) is 2. The van der Waals surface area contributed by atoms with Crippen molar-refractivity contribution in [3.63, 3.8) is 0 Å². The van der Waals surface area contributed by atoms with Crippen molar-refractivity contribution >= 4 is 0 Å². The molecule has 56 valence electrons. The average Bonchev–Trinajstić information content (AvgIpc) is 2.38. The van der Waals surface area contributed by atoms with E-state index < -0.39 is 0 Å². The van der Waals surface area contributed by atoms with Gasteiger partial charge >= 0.3 is 0 Å². The highest BCUT2D eigenvalue weighted by Crippen LogP contribution is 2.40. The zero-order valence-electron chi connectivity index (χ0n) is 6.39. The van der Waals surface area contributed by atoms with Crippen molar-refractivity contribution < 1.29 is 0 Å². The Morgan fingerprint density at radius 3 is 2.73 bits per heavy atom. The molecular weight excluding hydrogens is 136 g/mol. The number of rotatable bonds is 0. The number of benzene rings is 1. The molecule has 0 radical (unpaired) electrons. The zero-order valence-corrected chi connectivity index (χ0v) is 6.39. The van der Waals surface area contributed by atoms with Gasteiger partial charge in [0.25, 0.3) is 0 Å². The van der Waals surface area contributed by atoms with E-state index in [0.717, 1.165) is 0 Å². The van der Waals surface area contributed by atoms with Crippen molar-refractivity contribution in [1.29, 1.82) is 0 Å². The minimum atomic E-state index is 0.440. The van der Waals surface area contributed by atoms with Gasteiger partial charge < -0.3 is 0 Å². The van der Waals surface area contributed by atoms with Crippen LogP contribution in [-0.2, 0) is 0 Å². The van der Waals surface area contributed by atoms with E-state index in [1.807, 2.05) is 0 Å². The highest BCUT2D eigenvalue weighted by atomic mass is 15.4. The smallest absolute Gasteiger partial charge is 0.0870 e. The predicted molar refractivity (Wildman–Crippen MR) is 42.9 cm³/mol. The summed E-state index contributed by atoms with van der Waals surface area (Å²) in [7, 11) is 0. The molecule has 2 bridgehead atoms. The highest BCUT2D eigenvalue weighted by Gasteiger charge is 2.40. The first-order chi connectivity index (χ1) is 5.36. The molecular formula is C9H10N2. The van der Waals surface area contributed by atoms with Gasteiger partial charge in [-0.1, -0.05) is 18.2 Å². The van der Waals surface area contributed by atoms with E-state index in [1.165, 1.54) is 16.7 Å². The molecule has 0 atom stereocenters. The average molecular weight is 146 g/mol. The first-order valence-corrected chi connectivity index (χ1v) is 3.98. The quantitative estimate of drug-likeness (QED) is 0.574. The van der Waals surface area contributed by atoms with Gasteiger partial charge in [-0.15, -0.1) is 0 Å². The van der Waals surface area contributed by atoms with Crippen LogP contribution < -0.4 is 10.6 Å². The first kappa shape index (κ1) is 5.75. The van der Waals surface area contributed by atoms with E-state index in [9.17, 15) is 0 Å². The lowest BCUT2D eigenvalue weighted by atomic mass is 10.1. The van der Waals surface area contributed by atoms with Crippen molar-refractivity contribution in [3.05, 3.63) is 34.9 Å². The molecule has 1 fully saturated rings. The monoisotopic (exact) mass is 146 g/mol. The van der Waals surface area contributed by atoms with Crippen LogP contribution in [0.25, 0.3) is 0 Å². The predicted octanol–water partition coefficient (Wildman–Crippen LogP) is 1.20. The van der Waals surface area contributed by atoms with Gasteiger partial charge in [-0.3, -0.25) is 10.6 Å². The second-order valence-corrected chi connectivity index (χ2v) is 3.28. The van der Waals surface area contributed by atoms with Crippen LogP contribution in [0.3, 0.4) is 0 Å². The summed E-state index contributed by atoms with van der Waals surface area (Å²) in [4.78, 5) is 0. The Morgan fingerprint density at radius 2 is 2.00 bits per heavy atom. The minimum Gasteiger partial charge on any atom is -0.279 e. The maximum Gasteiger partial charge on any atom is 0.0870 e. The molecule has 3 heterocycles. The van der Waals surface area contributed by atoms with Gasteiger partial charge in [-0.25, -0.2) is 0 Å². The lowest BCUT2D eigenvalue weighted by Crippen LogP contribution is -2.47. The molecule has 11 heavy (non-hydrogen) atoms. The summed E-state index contributed by atoms with van der Waals surface area (Å²) >= 11 is 0. The van der Waals surface area contributed by atoms with Gasteiger partial charge in [-0.2, -0.15) is 0 Å². The van der Waals surface area contributed by atoms with E-state index in [0.29, 0.717) is 12.3 Å². The molecule has 0 aromatic heterocycles. The van der Waals surface area contributed by atoms with Crippen LogP contribution in [-0.4, -0.2) is 0 Å². The fourth-order valence-electron chi connectivity index (χ4n) is 2.03. The number of nitrogens with one attached hydrogen (secondary N) is 2. The summed E-state index contributed by atoms with van der Waals surface area (Å²) in [6.07, 6.45) is 0.881. The Labute approximate surface area is 65.6 Å². The topological polar surface area (TPSA) is 24.1 Å². The normalized spacial score (nSPS) is 31.4. The van der Waals surface area contributed by atoms with Crippen LogP contribution in [0.2, 0.25) is 0 Å². The van der Waals surface area contributed by atoms with Gasteiger partial charge in [0.05, 0.1) is 12.3 Å². The molecule has 0 unspecified atom stereocenters. The van der Waals surface area contributed by atoms with E-state index in [1.54, 1.807) is 0 Å². The molecule has 1 aromatic rings. The van der Waals surface area contributed by atoms with E-state index >= 15 is 0 Å². The molecule has 1 saturated heterocycles. The maximum absolute atomic E-state index is 3.41. The zero-order chi connectivity index (χ0) is 7.42. The third-order valence-electron chi connectivity index (χ3n) is 2.62. The van der Waals surface area contributed by atoms with Crippen molar-refractivity contribution in [1.82, 2.24) is 10.6 Å². The van der Waals surface area contributed by atoms with Gasteiger partial charge in [-0.05, 0) is 23.6 Å². The summed E-state index contributed by atoms with van der Waals surface area (Å²) in [5.74, 6) is 0. The standard InChI is InChI=1S/C9H10N2/c1-5-3-2-4-6-7(5)9-10-8(6)11-9/h2-4,8-11H,1H3. The molecule has 2 heteroatoms. The van der Waals surface area contributed by atoms with E-state index in [-0.39, 0.29) is 0 Å². The minimum absolute atomic E-state index is 0.440. The lowest BCUT2D eigenvalue weighted by molar-refractivity contribution is 0.247. The molecule has 1 aromatic carbocycles. The third-order valence-corrected chi connectivity index (χ3v) is 2.62. The van der Waals surface area contributed by atoms with Crippen LogP contribution in [0.4, 0.5) is 0 Å². The second-order valence-electron chi connectivity index (χ2n) is 3.28. The lowest BCUT2D eigenvalue weighted by Gasteiger charge is -2.28. The molecule has 0 amide bonds. The summed E-state index contributed by atoms with van der Waals surface area (Å²) in [6, 6.07) is 6.49. The van der Waals surface area contributed by atoms with Crippen molar-refractivity contribution in [3.8, 4) is 0 Å². The van der Waals surface area contributed by atoms with Crippen LogP contribution in [0.1, 0.15) is 29.0 Å². The summed E-state index contributed by atoms with van der Waals surface area (Å²) in [5, 5.41) is 6.82. The number of hydrogen-bond acceptors (Lipinski definition) is 2. The van der Waals surface area contributed by atoms with E-state index in [2.05, 4.69) is 35.8 Å². The summed E-state index contributed by atoms with van der Waals surface area (Å²) < 4.78 is 0. The van der Waals surface area contributed by atoms with Crippen LogP contribution >= 0.6 is 0 Å². The van der Waals surface area contributed by atoms with Crippen LogP contribution in [0, 0.1) is 6.92 Å². The Morgan fingerprint density at radius 1 is 1.18 bits per heavy atom. The van der Waals surface area contributed by atoms with Crippen molar-refractivity contribution in [2.24, 2.45) is 0 Å². The fourth-order valence-corrected chi connectivity index (χ4v) is 2.03. The maximum atomic E-state index is 3.41. The van der Waals surface area contributed by atoms with E-state index in [4.69, 9.17) is 0 Å². The molecule has 0 spiro atoms. The molecule has 4 rings (SSSR count). The van der Waals surface area contributed by atoms with Gasteiger partial charge in [0.15, 0.2) is 0 Å².